The Bertz CT molecular complexity index is 527. The molecule has 1 aromatic heterocycles. The van der Waals surface area contributed by atoms with E-state index in [0.29, 0.717) is 10.5 Å². The molecule has 1 N–H and O–H groups in total. The molecular weight excluding hydrogens is 218 g/mol. The summed E-state index contributed by atoms with van der Waals surface area (Å²) in [4.78, 5) is 14.5. The van der Waals surface area contributed by atoms with E-state index in [1.807, 2.05) is 0 Å². The Hall–Kier alpha value is -1.81. The van der Waals surface area contributed by atoms with Crippen LogP contribution in [0.25, 0.3) is 10.9 Å². The number of carbonyl (C=O) groups is 1. The Morgan fingerprint density at radius 3 is 3.00 bits per heavy atom. The van der Waals surface area contributed by atoms with Crippen molar-refractivity contribution in [3.8, 4) is 5.75 Å². The second kappa shape index (κ2) is 3.74. The van der Waals surface area contributed by atoms with Crippen LogP contribution in [0.15, 0.2) is 30.5 Å². The third-order valence-corrected chi connectivity index (χ3v) is 2.05. The van der Waals surface area contributed by atoms with E-state index in [1.54, 1.807) is 24.4 Å². The first-order valence-electron chi connectivity index (χ1n) is 4.12. The highest BCUT2D eigenvalue weighted by Crippen LogP contribution is 2.28. The lowest BCUT2D eigenvalue weighted by atomic mass is 10.2. The molecule has 0 radical (unpaired) electrons. The molecule has 0 unspecified atom stereocenters. The highest BCUT2D eigenvalue weighted by Gasteiger charge is 2.08. The molecule has 1 aromatic carbocycles. The van der Waals surface area contributed by atoms with Crippen LogP contribution in [0.3, 0.4) is 0 Å². The molecule has 1 heterocycles. The first-order chi connectivity index (χ1) is 7.16. The molecule has 4 nitrogen and oxygen atoms in total. The molecule has 0 aliphatic rings. The molecule has 5 heteroatoms. The van der Waals surface area contributed by atoms with Gasteiger partial charge >= 0.3 is 6.16 Å². The topological polar surface area (TPSA) is 59.4 Å². The van der Waals surface area contributed by atoms with Gasteiger partial charge in [0.1, 0.15) is 5.52 Å². The number of nitrogens with zero attached hydrogens (tertiary/aromatic N) is 1. The van der Waals surface area contributed by atoms with Crippen molar-refractivity contribution in [2.75, 3.05) is 0 Å². The van der Waals surface area contributed by atoms with Crippen molar-refractivity contribution in [1.29, 1.82) is 0 Å². The van der Waals surface area contributed by atoms with Crippen molar-refractivity contribution < 1.29 is 14.6 Å². The lowest BCUT2D eigenvalue weighted by Crippen LogP contribution is -2.03. The summed E-state index contributed by atoms with van der Waals surface area (Å²) >= 11 is 5.81. The molecule has 0 bridgehead atoms. The van der Waals surface area contributed by atoms with Gasteiger partial charge in [0.2, 0.25) is 0 Å². The summed E-state index contributed by atoms with van der Waals surface area (Å²) in [7, 11) is 0. The van der Waals surface area contributed by atoms with Crippen LogP contribution in [-0.2, 0) is 0 Å². The fraction of sp³-hybridized carbons (Fsp3) is 0. The molecule has 0 fully saturated rings. The summed E-state index contributed by atoms with van der Waals surface area (Å²) in [5.41, 5.74) is 0.476. The number of ether oxygens (including phenoxy) is 1. The van der Waals surface area contributed by atoms with E-state index >= 15 is 0 Å². The summed E-state index contributed by atoms with van der Waals surface area (Å²) in [6.07, 6.45) is 0.175. The van der Waals surface area contributed by atoms with Gasteiger partial charge in [-0.2, -0.15) is 0 Å². The Kier molecular flexibility index (Phi) is 2.43. The minimum Gasteiger partial charge on any atom is -0.449 e. The quantitative estimate of drug-likeness (QED) is 0.597. The van der Waals surface area contributed by atoms with Gasteiger partial charge in [-0.15, -0.1) is 0 Å². The molecule has 0 aliphatic carbocycles. The number of aromatic nitrogens is 1. The van der Waals surface area contributed by atoms with Gasteiger partial charge in [-0.1, -0.05) is 17.7 Å². The maximum absolute atomic E-state index is 10.4. The Morgan fingerprint density at radius 1 is 1.47 bits per heavy atom. The number of halogens is 1. The first-order valence-corrected chi connectivity index (χ1v) is 4.49. The predicted molar refractivity (Wildman–Crippen MR) is 55.4 cm³/mol. The van der Waals surface area contributed by atoms with Crippen LogP contribution >= 0.6 is 11.6 Å². The van der Waals surface area contributed by atoms with Crippen molar-refractivity contribution in [1.82, 2.24) is 4.98 Å². The molecule has 0 saturated heterocycles. The number of hydrogen-bond donors (Lipinski definition) is 1. The Labute approximate surface area is 90.1 Å². The van der Waals surface area contributed by atoms with Crippen molar-refractivity contribution in [3.05, 3.63) is 35.5 Å². The smallest absolute Gasteiger partial charge is 0.449 e. The summed E-state index contributed by atoms with van der Waals surface area (Å²) in [6.45, 7) is 0. The van der Waals surface area contributed by atoms with E-state index in [-0.39, 0.29) is 5.75 Å². The fourth-order valence-corrected chi connectivity index (χ4v) is 1.51. The zero-order valence-electron chi connectivity index (χ0n) is 7.48. The van der Waals surface area contributed by atoms with Crippen LogP contribution in [0, 0.1) is 0 Å². The van der Waals surface area contributed by atoms with Crippen molar-refractivity contribution in [2.24, 2.45) is 0 Å². The molecule has 0 spiro atoms. The summed E-state index contributed by atoms with van der Waals surface area (Å²) in [6, 6.07) is 6.63. The highest BCUT2D eigenvalue weighted by molar-refractivity contribution is 6.31. The van der Waals surface area contributed by atoms with E-state index in [1.165, 1.54) is 6.07 Å². The maximum Gasteiger partial charge on any atom is 0.511 e. The number of pyridine rings is 1. The molecule has 0 amide bonds. The number of hydrogen-bond acceptors (Lipinski definition) is 3. The second-order valence-electron chi connectivity index (χ2n) is 2.85. The number of benzene rings is 1. The van der Waals surface area contributed by atoms with E-state index in [9.17, 15) is 4.79 Å². The first kappa shape index (κ1) is 9.73. The maximum atomic E-state index is 10.4. The Balaban J connectivity index is 2.65. The zero-order chi connectivity index (χ0) is 10.8. The van der Waals surface area contributed by atoms with Crippen LogP contribution in [-0.4, -0.2) is 16.2 Å². The molecule has 76 valence electrons. The van der Waals surface area contributed by atoms with Crippen LogP contribution in [0.5, 0.6) is 5.75 Å². The number of rotatable bonds is 1. The Morgan fingerprint density at radius 2 is 2.27 bits per heavy atom. The molecule has 2 aromatic rings. The zero-order valence-corrected chi connectivity index (χ0v) is 8.23. The molecule has 15 heavy (non-hydrogen) atoms. The van der Waals surface area contributed by atoms with Gasteiger partial charge < -0.3 is 9.84 Å². The largest absolute Gasteiger partial charge is 0.511 e. The van der Waals surface area contributed by atoms with Gasteiger partial charge in [0.25, 0.3) is 0 Å². The molecule has 2 rings (SSSR count). The van der Waals surface area contributed by atoms with Crippen LogP contribution in [0.4, 0.5) is 4.79 Å². The van der Waals surface area contributed by atoms with Gasteiger partial charge in [-0.05, 0) is 12.1 Å². The van der Waals surface area contributed by atoms with Gasteiger partial charge in [-0.3, -0.25) is 4.98 Å². The lowest BCUT2D eigenvalue weighted by Gasteiger charge is -2.04. The summed E-state index contributed by atoms with van der Waals surface area (Å²) in [5.74, 6) is 0.144. The summed E-state index contributed by atoms with van der Waals surface area (Å²) < 4.78 is 4.58. The number of fused-ring (bicyclic) bond motifs is 1. The highest BCUT2D eigenvalue weighted by atomic mass is 35.5. The third kappa shape index (κ3) is 1.99. The monoisotopic (exact) mass is 223 g/mol. The second-order valence-corrected chi connectivity index (χ2v) is 3.28. The predicted octanol–water partition coefficient (Wildman–Crippen LogP) is 2.95. The average molecular weight is 224 g/mol. The minimum absolute atomic E-state index is 0.144. The molecular formula is C10H6ClNO3. The van der Waals surface area contributed by atoms with Crippen molar-refractivity contribution in [3.63, 3.8) is 0 Å². The van der Waals surface area contributed by atoms with E-state index < -0.39 is 6.16 Å². The minimum atomic E-state index is -1.38. The van der Waals surface area contributed by atoms with E-state index in [2.05, 4.69) is 9.72 Å². The molecule has 0 saturated carbocycles. The lowest BCUT2D eigenvalue weighted by molar-refractivity contribution is 0.145. The SMILES string of the molecule is O=C(O)Oc1cc(Cl)cc2cccnc12. The van der Waals surface area contributed by atoms with Crippen LogP contribution < -0.4 is 4.74 Å². The van der Waals surface area contributed by atoms with Gasteiger partial charge in [-0.25, -0.2) is 4.79 Å². The van der Waals surface area contributed by atoms with E-state index in [0.717, 1.165) is 5.39 Å². The summed E-state index contributed by atoms with van der Waals surface area (Å²) in [5, 5.41) is 9.67. The molecule has 0 aliphatic heterocycles. The van der Waals surface area contributed by atoms with Gasteiger partial charge in [0.15, 0.2) is 5.75 Å². The van der Waals surface area contributed by atoms with Crippen molar-refractivity contribution in [2.45, 2.75) is 0 Å². The number of carboxylic acid groups (broad SMARTS) is 1. The molecule has 0 atom stereocenters. The fourth-order valence-electron chi connectivity index (χ4n) is 1.30. The average Bonchev–Trinajstić information content (AvgIpc) is 2.16. The standard InChI is InChI=1S/C10H6ClNO3/c11-7-4-6-2-1-3-12-9(6)8(5-7)15-10(13)14/h1-5H,(H,13,14). The van der Waals surface area contributed by atoms with Crippen molar-refractivity contribution >= 4 is 28.7 Å². The van der Waals surface area contributed by atoms with Crippen LogP contribution in [0.2, 0.25) is 5.02 Å². The normalized spacial score (nSPS) is 10.2. The van der Waals surface area contributed by atoms with E-state index in [4.69, 9.17) is 16.7 Å². The van der Waals surface area contributed by atoms with Crippen LogP contribution in [0.1, 0.15) is 0 Å². The third-order valence-electron chi connectivity index (χ3n) is 1.83. The van der Waals surface area contributed by atoms with Gasteiger partial charge in [0, 0.05) is 22.7 Å². The van der Waals surface area contributed by atoms with Gasteiger partial charge in [0.05, 0.1) is 0 Å².